The van der Waals surface area contributed by atoms with E-state index in [-0.39, 0.29) is 4.90 Å². The quantitative estimate of drug-likeness (QED) is 0.558. The van der Waals surface area contributed by atoms with Crippen LogP contribution in [-0.4, -0.2) is 24.4 Å². The summed E-state index contributed by atoms with van der Waals surface area (Å²) in [7, 11) is -3.69. The number of nitrogens with one attached hydrogen (secondary N) is 1. The normalized spacial score (nSPS) is 13.3. The number of rotatable bonds is 7. The summed E-state index contributed by atoms with van der Waals surface area (Å²) in [6.45, 7) is 6.82. The van der Waals surface area contributed by atoms with Gasteiger partial charge in [-0.05, 0) is 52.9 Å². The van der Waals surface area contributed by atoms with Crippen molar-refractivity contribution in [2.24, 2.45) is 5.10 Å². The minimum atomic E-state index is -3.69. The van der Waals surface area contributed by atoms with Crippen LogP contribution >= 0.6 is 15.9 Å². The number of aromatic nitrogens is 2. The van der Waals surface area contributed by atoms with Crippen molar-refractivity contribution in [2.75, 3.05) is 0 Å². The number of hydrogen-bond donors (Lipinski definition) is 1. The highest BCUT2D eigenvalue weighted by atomic mass is 79.9. The first-order valence-electron chi connectivity index (χ1n) is 7.75. The number of hydrogen-bond acceptors (Lipinski definition) is 4. The third-order valence-corrected chi connectivity index (χ3v) is 5.71. The molecule has 1 heterocycles. The molecule has 0 saturated carbocycles. The molecule has 0 aliphatic heterocycles. The maximum Gasteiger partial charge on any atom is 0.276 e. The summed E-state index contributed by atoms with van der Waals surface area (Å²) < 4.78 is 27.0. The lowest BCUT2D eigenvalue weighted by Crippen LogP contribution is -2.18. The molecule has 0 unspecified atom stereocenters. The smallest absolute Gasteiger partial charge is 0.263 e. The molecular weight excluding hydrogens is 392 g/mol. The Kier molecular flexibility index (Phi) is 6.17. The summed E-state index contributed by atoms with van der Waals surface area (Å²) in [5.74, 6) is 0.402. The van der Waals surface area contributed by atoms with E-state index in [0.29, 0.717) is 18.2 Å². The predicted molar refractivity (Wildman–Crippen MR) is 98.7 cm³/mol. The first kappa shape index (κ1) is 18.7. The molecule has 24 heavy (non-hydrogen) atoms. The van der Waals surface area contributed by atoms with Crippen molar-refractivity contribution in [1.29, 1.82) is 0 Å². The monoisotopic (exact) mass is 412 g/mol. The zero-order valence-electron chi connectivity index (χ0n) is 13.9. The largest absolute Gasteiger partial charge is 0.276 e. The van der Waals surface area contributed by atoms with Crippen molar-refractivity contribution in [3.63, 3.8) is 0 Å². The Balaban J connectivity index is 2.13. The van der Waals surface area contributed by atoms with Crippen LogP contribution in [-0.2, 0) is 16.6 Å². The van der Waals surface area contributed by atoms with Gasteiger partial charge in [0.25, 0.3) is 10.0 Å². The first-order chi connectivity index (χ1) is 11.4. The molecule has 2 rings (SSSR count). The van der Waals surface area contributed by atoms with Gasteiger partial charge in [0.1, 0.15) is 0 Å². The zero-order valence-corrected chi connectivity index (χ0v) is 16.3. The Morgan fingerprint density at radius 1 is 1.33 bits per heavy atom. The molecule has 0 radical (unpaired) electrons. The van der Waals surface area contributed by atoms with Gasteiger partial charge in [-0.1, -0.05) is 26.0 Å². The van der Waals surface area contributed by atoms with Crippen molar-refractivity contribution in [3.05, 3.63) is 46.2 Å². The third kappa shape index (κ3) is 4.24. The molecule has 0 saturated heterocycles. The summed E-state index contributed by atoms with van der Waals surface area (Å²) in [5, 5.41) is 7.99. The molecule has 0 fully saturated rings. The Morgan fingerprint density at radius 3 is 2.58 bits per heavy atom. The molecular formula is C16H21BrN4O2S. The number of sulfonamides is 1. The van der Waals surface area contributed by atoms with Crippen LogP contribution in [0.3, 0.4) is 0 Å². The molecule has 0 amide bonds. The van der Waals surface area contributed by atoms with Crippen LogP contribution in [0.5, 0.6) is 0 Å². The fourth-order valence-corrected chi connectivity index (χ4v) is 3.36. The second-order valence-electron chi connectivity index (χ2n) is 5.42. The topological polar surface area (TPSA) is 76.3 Å². The molecule has 1 aromatic heterocycles. The maximum atomic E-state index is 12.3. The summed E-state index contributed by atoms with van der Waals surface area (Å²) in [6, 6.07) is 6.89. The van der Waals surface area contributed by atoms with E-state index < -0.39 is 10.0 Å². The van der Waals surface area contributed by atoms with Gasteiger partial charge in [-0.3, -0.25) is 4.68 Å². The van der Waals surface area contributed by atoms with Crippen LogP contribution in [0.2, 0.25) is 0 Å². The third-order valence-electron chi connectivity index (χ3n) is 3.86. The van der Waals surface area contributed by atoms with E-state index in [4.69, 9.17) is 0 Å². The van der Waals surface area contributed by atoms with E-state index in [2.05, 4.69) is 44.8 Å². The molecule has 1 aromatic carbocycles. The van der Waals surface area contributed by atoms with Crippen molar-refractivity contribution in [1.82, 2.24) is 14.6 Å². The van der Waals surface area contributed by atoms with Crippen LogP contribution < -0.4 is 4.83 Å². The van der Waals surface area contributed by atoms with E-state index in [9.17, 15) is 8.42 Å². The summed E-state index contributed by atoms with van der Waals surface area (Å²) in [4.78, 5) is 2.42. The lowest BCUT2D eigenvalue weighted by Gasteiger charge is -2.10. The summed E-state index contributed by atoms with van der Waals surface area (Å²) in [6.07, 6.45) is 4.09. The van der Waals surface area contributed by atoms with E-state index in [1.165, 1.54) is 6.21 Å². The van der Waals surface area contributed by atoms with Crippen LogP contribution in [0.15, 0.2) is 44.9 Å². The SMILES string of the molecule is CC[C@H](C)c1ccc(S(=O)(=O)N/N=C\c2c(Br)cnn2CC)cc1. The lowest BCUT2D eigenvalue weighted by atomic mass is 9.99. The van der Waals surface area contributed by atoms with Crippen molar-refractivity contribution in [2.45, 2.75) is 44.6 Å². The minimum Gasteiger partial charge on any atom is -0.263 e. The lowest BCUT2D eigenvalue weighted by molar-refractivity contribution is 0.584. The average Bonchev–Trinajstić information content (AvgIpc) is 2.94. The second-order valence-corrected chi connectivity index (χ2v) is 7.94. The highest BCUT2D eigenvalue weighted by Crippen LogP contribution is 2.20. The van der Waals surface area contributed by atoms with Crippen molar-refractivity contribution < 1.29 is 8.42 Å². The number of halogens is 1. The van der Waals surface area contributed by atoms with Gasteiger partial charge < -0.3 is 0 Å². The number of benzene rings is 1. The van der Waals surface area contributed by atoms with Crippen LogP contribution in [0.1, 0.15) is 44.4 Å². The fourth-order valence-electron chi connectivity index (χ4n) is 2.17. The predicted octanol–water partition coefficient (Wildman–Crippen LogP) is 3.49. The van der Waals surface area contributed by atoms with Gasteiger partial charge in [-0.2, -0.15) is 18.6 Å². The molecule has 6 nitrogen and oxygen atoms in total. The summed E-state index contributed by atoms with van der Waals surface area (Å²) >= 11 is 3.36. The zero-order chi connectivity index (χ0) is 17.7. The standard InChI is InChI=1S/C16H21BrN4O2S/c1-4-12(3)13-6-8-14(9-7-13)24(22,23)20-18-11-16-15(17)10-19-21(16)5-2/h6-12,20H,4-5H2,1-3H3/b18-11-/t12-/m0/s1. The van der Waals surface area contributed by atoms with Crippen molar-refractivity contribution >= 4 is 32.2 Å². The number of nitrogens with zero attached hydrogens (tertiary/aromatic N) is 3. The molecule has 0 bridgehead atoms. The van der Waals surface area contributed by atoms with Gasteiger partial charge in [0.15, 0.2) is 0 Å². The summed E-state index contributed by atoms with van der Waals surface area (Å²) in [5.41, 5.74) is 1.82. The molecule has 0 aliphatic rings. The molecule has 0 spiro atoms. The molecule has 1 atom stereocenters. The maximum absolute atomic E-state index is 12.3. The number of aryl methyl sites for hydroxylation is 1. The highest BCUT2D eigenvalue weighted by Gasteiger charge is 2.14. The number of hydrazone groups is 1. The first-order valence-corrected chi connectivity index (χ1v) is 10.0. The Labute approximate surface area is 151 Å². The fraction of sp³-hybridized carbons (Fsp3) is 0.375. The van der Waals surface area contributed by atoms with Gasteiger partial charge in [0, 0.05) is 6.54 Å². The second kappa shape index (κ2) is 7.94. The average molecular weight is 413 g/mol. The van der Waals surface area contributed by atoms with Gasteiger partial charge >= 0.3 is 0 Å². The van der Waals surface area contributed by atoms with E-state index in [0.717, 1.165) is 16.5 Å². The van der Waals surface area contributed by atoms with Gasteiger partial charge in [-0.25, -0.2) is 4.83 Å². The van der Waals surface area contributed by atoms with E-state index in [1.807, 2.05) is 19.1 Å². The van der Waals surface area contributed by atoms with E-state index >= 15 is 0 Å². The molecule has 0 aliphatic carbocycles. The Bertz CT molecular complexity index is 813. The van der Waals surface area contributed by atoms with Crippen LogP contribution in [0.25, 0.3) is 0 Å². The van der Waals surface area contributed by atoms with Gasteiger partial charge in [0.2, 0.25) is 0 Å². The highest BCUT2D eigenvalue weighted by molar-refractivity contribution is 9.10. The van der Waals surface area contributed by atoms with E-state index in [1.54, 1.807) is 23.0 Å². The van der Waals surface area contributed by atoms with Crippen molar-refractivity contribution in [3.8, 4) is 0 Å². The van der Waals surface area contributed by atoms with Gasteiger partial charge in [-0.15, -0.1) is 0 Å². The molecule has 1 N–H and O–H groups in total. The Hall–Kier alpha value is -1.67. The van der Waals surface area contributed by atoms with Gasteiger partial charge in [0.05, 0.1) is 27.5 Å². The van der Waals surface area contributed by atoms with Crippen LogP contribution in [0.4, 0.5) is 0 Å². The molecule has 130 valence electrons. The Morgan fingerprint density at radius 2 is 2.00 bits per heavy atom. The molecule has 8 heteroatoms. The molecule has 2 aromatic rings. The minimum absolute atomic E-state index is 0.190. The van der Waals surface area contributed by atoms with Crippen LogP contribution in [0, 0.1) is 0 Å².